The maximum atomic E-state index is 13.7. The highest BCUT2D eigenvalue weighted by molar-refractivity contribution is 5.24. The summed E-state index contributed by atoms with van der Waals surface area (Å²) >= 11 is 0. The fourth-order valence-electron chi connectivity index (χ4n) is 4.24. The van der Waals surface area contributed by atoms with Crippen LogP contribution in [-0.2, 0) is 0 Å². The second-order valence-corrected chi connectivity index (χ2v) is 7.34. The monoisotopic (exact) mass is 358 g/mol. The van der Waals surface area contributed by atoms with Crippen molar-refractivity contribution in [2.45, 2.75) is 25.0 Å². The Bertz CT molecular complexity index is 741. The van der Waals surface area contributed by atoms with Gasteiger partial charge in [0, 0.05) is 19.6 Å². The first kappa shape index (κ1) is 17.2. The van der Waals surface area contributed by atoms with Crippen LogP contribution in [0.5, 0.6) is 11.5 Å². The molecule has 1 aliphatic carbocycles. The maximum absolute atomic E-state index is 13.7. The van der Waals surface area contributed by atoms with E-state index in [1.54, 1.807) is 24.3 Å². The minimum absolute atomic E-state index is 0.0627. The van der Waals surface area contributed by atoms with Crippen molar-refractivity contribution in [2.24, 2.45) is 11.8 Å². The van der Waals surface area contributed by atoms with Gasteiger partial charge in [-0.3, -0.25) is 9.88 Å². The molecule has 5 nitrogen and oxygen atoms in total. The molecular weight excluding hydrogens is 335 g/mol. The average Bonchev–Trinajstić information content (AvgIpc) is 3.15. The highest BCUT2D eigenvalue weighted by Crippen LogP contribution is 2.40. The normalized spacial score (nSPS) is 26.6. The average molecular weight is 358 g/mol. The molecule has 1 saturated carbocycles. The Hall–Kier alpha value is -2.18. The number of aromatic hydroxyl groups is 1. The lowest BCUT2D eigenvalue weighted by Gasteiger charge is -2.22. The minimum atomic E-state index is -0.667. The molecule has 0 radical (unpaired) electrons. The molecule has 1 saturated heterocycles. The molecule has 2 fully saturated rings. The number of ether oxygens (including phenoxy) is 1. The van der Waals surface area contributed by atoms with Crippen molar-refractivity contribution in [1.29, 1.82) is 0 Å². The van der Waals surface area contributed by atoms with E-state index in [1.807, 2.05) is 0 Å². The fraction of sp³-hybridized carbons (Fsp3) is 0.450. The highest BCUT2D eigenvalue weighted by Gasteiger charge is 2.42. The number of aliphatic hydroxyl groups is 1. The van der Waals surface area contributed by atoms with E-state index in [0.29, 0.717) is 29.8 Å². The van der Waals surface area contributed by atoms with E-state index < -0.39 is 6.10 Å². The summed E-state index contributed by atoms with van der Waals surface area (Å²) in [7, 11) is 0. The molecule has 2 aliphatic rings. The number of rotatable bonds is 5. The second-order valence-electron chi connectivity index (χ2n) is 7.34. The summed E-state index contributed by atoms with van der Waals surface area (Å²) in [6.45, 7) is 2.36. The van der Waals surface area contributed by atoms with E-state index in [0.717, 1.165) is 25.9 Å². The van der Waals surface area contributed by atoms with Crippen molar-refractivity contribution in [3.05, 3.63) is 54.1 Å². The second kappa shape index (κ2) is 7.21. The molecule has 2 aromatic rings. The summed E-state index contributed by atoms with van der Waals surface area (Å²) in [5.41, 5.74) is 0.570. The van der Waals surface area contributed by atoms with Crippen LogP contribution in [0.3, 0.4) is 0 Å². The van der Waals surface area contributed by atoms with E-state index in [9.17, 15) is 14.6 Å². The first-order chi connectivity index (χ1) is 12.6. The van der Waals surface area contributed by atoms with Crippen LogP contribution in [-0.4, -0.2) is 45.8 Å². The molecule has 1 aliphatic heterocycles. The Morgan fingerprint density at radius 1 is 1.15 bits per heavy atom. The Morgan fingerprint density at radius 2 is 1.88 bits per heavy atom. The summed E-state index contributed by atoms with van der Waals surface area (Å²) in [6, 6.07) is 9.73. The van der Waals surface area contributed by atoms with Gasteiger partial charge in [-0.1, -0.05) is 12.1 Å². The van der Waals surface area contributed by atoms with Gasteiger partial charge in [-0.05, 0) is 48.9 Å². The number of aromatic nitrogens is 1. The molecule has 0 amide bonds. The molecule has 1 aromatic heterocycles. The van der Waals surface area contributed by atoms with Crippen molar-refractivity contribution < 1.29 is 19.3 Å². The number of aliphatic hydroxyl groups excluding tert-OH is 1. The minimum Gasteiger partial charge on any atom is -0.506 e. The van der Waals surface area contributed by atoms with Crippen LogP contribution in [0.4, 0.5) is 4.39 Å². The summed E-state index contributed by atoms with van der Waals surface area (Å²) in [6.07, 6.45) is 2.58. The number of pyridine rings is 1. The van der Waals surface area contributed by atoms with Crippen molar-refractivity contribution in [2.75, 3.05) is 19.6 Å². The molecule has 2 heterocycles. The van der Waals surface area contributed by atoms with E-state index in [-0.39, 0.29) is 17.7 Å². The highest BCUT2D eigenvalue weighted by atomic mass is 19.1. The summed E-state index contributed by atoms with van der Waals surface area (Å²) < 4.78 is 19.6. The zero-order valence-electron chi connectivity index (χ0n) is 14.5. The van der Waals surface area contributed by atoms with Crippen molar-refractivity contribution >= 4 is 0 Å². The van der Waals surface area contributed by atoms with Gasteiger partial charge in [-0.2, -0.15) is 0 Å². The zero-order valence-corrected chi connectivity index (χ0v) is 14.5. The third kappa shape index (κ3) is 3.66. The van der Waals surface area contributed by atoms with Crippen molar-refractivity contribution in [3.63, 3.8) is 0 Å². The lowest BCUT2D eigenvalue weighted by Crippen LogP contribution is -2.29. The first-order valence-corrected chi connectivity index (χ1v) is 9.05. The third-order valence-electron chi connectivity index (χ3n) is 5.46. The third-order valence-corrected chi connectivity index (χ3v) is 5.46. The first-order valence-electron chi connectivity index (χ1n) is 9.05. The molecular formula is C20H23FN2O3. The molecule has 138 valence electrons. The summed E-state index contributed by atoms with van der Waals surface area (Å²) in [5, 5.41) is 19.6. The number of para-hydroxylation sites is 1. The molecule has 0 bridgehead atoms. The zero-order chi connectivity index (χ0) is 18.1. The van der Waals surface area contributed by atoms with E-state index in [2.05, 4.69) is 9.88 Å². The van der Waals surface area contributed by atoms with Gasteiger partial charge in [0.1, 0.15) is 11.9 Å². The Kier molecular flexibility index (Phi) is 4.78. The fourth-order valence-corrected chi connectivity index (χ4v) is 4.24. The van der Waals surface area contributed by atoms with Gasteiger partial charge in [0.05, 0.1) is 18.0 Å². The summed E-state index contributed by atoms with van der Waals surface area (Å²) in [4.78, 5) is 6.34. The number of benzene rings is 1. The maximum Gasteiger partial charge on any atom is 0.165 e. The molecule has 6 heteroatoms. The largest absolute Gasteiger partial charge is 0.506 e. The number of likely N-dealkylation sites (tertiary alicyclic amines) is 1. The number of nitrogens with zero attached hydrogens (tertiary/aromatic N) is 2. The molecule has 0 spiro atoms. The van der Waals surface area contributed by atoms with Crippen LogP contribution < -0.4 is 4.74 Å². The standard InChI is InChI=1S/C20H23FN2O3/c21-17-3-1-2-4-20(17)26-16-7-13-10-23(11-14(13)8-16)12-19(25)18-6-5-15(24)9-22-18/h1-6,9,13-14,16,19,24-25H,7-8,10-12H2/t13-,14+,16+,19?. The van der Waals surface area contributed by atoms with Crippen LogP contribution >= 0.6 is 0 Å². The molecule has 2 N–H and O–H groups in total. The van der Waals surface area contributed by atoms with E-state index in [4.69, 9.17) is 4.74 Å². The lowest BCUT2D eigenvalue weighted by molar-refractivity contribution is 0.112. The molecule has 26 heavy (non-hydrogen) atoms. The van der Waals surface area contributed by atoms with E-state index >= 15 is 0 Å². The Morgan fingerprint density at radius 3 is 2.54 bits per heavy atom. The number of hydrogen-bond acceptors (Lipinski definition) is 5. The van der Waals surface area contributed by atoms with Gasteiger partial charge in [0.15, 0.2) is 11.6 Å². The SMILES string of the molecule is Oc1ccc(C(O)CN2C[C@H]3C[C@H](Oc4ccccc4F)C[C@H]3C2)nc1. The number of halogens is 1. The Labute approximate surface area is 152 Å². The molecule has 1 aromatic carbocycles. The van der Waals surface area contributed by atoms with Crippen molar-refractivity contribution in [3.8, 4) is 11.5 Å². The number of hydrogen-bond donors (Lipinski definition) is 2. The molecule has 1 unspecified atom stereocenters. The predicted octanol–water partition coefficient (Wildman–Crippen LogP) is 2.75. The van der Waals surface area contributed by atoms with Crippen LogP contribution in [0, 0.1) is 17.7 Å². The van der Waals surface area contributed by atoms with E-state index in [1.165, 1.54) is 18.3 Å². The molecule has 4 rings (SSSR count). The lowest BCUT2D eigenvalue weighted by atomic mass is 10.0. The van der Waals surface area contributed by atoms with Crippen LogP contribution in [0.2, 0.25) is 0 Å². The van der Waals surface area contributed by atoms with Gasteiger partial charge in [-0.15, -0.1) is 0 Å². The topological polar surface area (TPSA) is 65.8 Å². The van der Waals surface area contributed by atoms with Gasteiger partial charge in [0.25, 0.3) is 0 Å². The van der Waals surface area contributed by atoms with Gasteiger partial charge >= 0.3 is 0 Å². The van der Waals surface area contributed by atoms with Crippen LogP contribution in [0.25, 0.3) is 0 Å². The van der Waals surface area contributed by atoms with Gasteiger partial charge < -0.3 is 14.9 Å². The quantitative estimate of drug-likeness (QED) is 0.860. The Balaban J connectivity index is 1.29. The number of β-amino-alcohol motifs (C(OH)–C–C–N with tert-alkyl or cyclic N) is 1. The van der Waals surface area contributed by atoms with Crippen molar-refractivity contribution in [1.82, 2.24) is 9.88 Å². The molecule has 4 atom stereocenters. The van der Waals surface area contributed by atoms with Crippen LogP contribution in [0.15, 0.2) is 42.6 Å². The van der Waals surface area contributed by atoms with Gasteiger partial charge in [0.2, 0.25) is 0 Å². The summed E-state index contributed by atoms with van der Waals surface area (Å²) in [5.74, 6) is 1.16. The smallest absolute Gasteiger partial charge is 0.165 e. The number of fused-ring (bicyclic) bond motifs is 1. The van der Waals surface area contributed by atoms with Crippen LogP contribution in [0.1, 0.15) is 24.6 Å². The van der Waals surface area contributed by atoms with Gasteiger partial charge in [-0.25, -0.2) is 4.39 Å². The predicted molar refractivity (Wildman–Crippen MR) is 94.3 cm³/mol.